The second-order valence-corrected chi connectivity index (χ2v) is 4.49. The molecule has 0 aromatic carbocycles. The number of nitrogens with zero attached hydrogens (tertiary/aromatic N) is 3. The van der Waals surface area contributed by atoms with Gasteiger partial charge in [-0.25, -0.2) is 4.98 Å². The number of allylic oxidation sites excluding steroid dienone is 7. The van der Waals surface area contributed by atoms with E-state index in [1.807, 2.05) is 75.2 Å². The van der Waals surface area contributed by atoms with Gasteiger partial charge in [-0.15, -0.1) is 0 Å². The van der Waals surface area contributed by atoms with Crippen molar-refractivity contribution in [3.8, 4) is 0 Å². The van der Waals surface area contributed by atoms with Gasteiger partial charge in [-0.1, -0.05) is 30.9 Å². The lowest BCUT2D eigenvalue weighted by molar-refractivity contribution is 1.04. The van der Waals surface area contributed by atoms with E-state index in [9.17, 15) is 0 Å². The number of aromatic nitrogens is 2. The van der Waals surface area contributed by atoms with Gasteiger partial charge in [-0.05, 0) is 45.1 Å². The van der Waals surface area contributed by atoms with E-state index in [-0.39, 0.29) is 0 Å². The van der Waals surface area contributed by atoms with Crippen LogP contribution in [0.3, 0.4) is 0 Å². The summed E-state index contributed by atoms with van der Waals surface area (Å²) >= 11 is 0. The van der Waals surface area contributed by atoms with Crippen molar-refractivity contribution in [1.82, 2.24) is 9.97 Å². The van der Waals surface area contributed by atoms with Crippen LogP contribution in [0.15, 0.2) is 72.8 Å². The van der Waals surface area contributed by atoms with Crippen LogP contribution in [0.5, 0.6) is 0 Å². The van der Waals surface area contributed by atoms with Crippen LogP contribution >= 0.6 is 0 Å². The van der Waals surface area contributed by atoms with Crippen molar-refractivity contribution in [3.63, 3.8) is 0 Å². The van der Waals surface area contributed by atoms with E-state index in [1.54, 1.807) is 12.3 Å². The molecule has 1 aromatic rings. The van der Waals surface area contributed by atoms with Crippen molar-refractivity contribution in [3.05, 3.63) is 72.8 Å². The number of hydrogen-bond acceptors (Lipinski definition) is 4. The molecule has 0 aliphatic carbocycles. The van der Waals surface area contributed by atoms with Crippen LogP contribution < -0.4 is 10.2 Å². The average molecular weight is 296 g/mol. The molecule has 0 fully saturated rings. The SMILES string of the molecule is C=C/C(=C\C=C/C)Nc1nccc(N(C)C(/C=C\C)=C/C)n1. The molecule has 4 nitrogen and oxygen atoms in total. The van der Waals surface area contributed by atoms with Crippen LogP contribution in [0.4, 0.5) is 11.8 Å². The Hall–Kier alpha value is -2.62. The van der Waals surface area contributed by atoms with Crippen LogP contribution in [0.25, 0.3) is 0 Å². The molecule has 1 N–H and O–H groups in total. The van der Waals surface area contributed by atoms with Gasteiger partial charge in [-0.2, -0.15) is 4.98 Å². The Balaban J connectivity index is 3.01. The van der Waals surface area contributed by atoms with E-state index in [2.05, 4.69) is 21.9 Å². The van der Waals surface area contributed by atoms with E-state index in [1.165, 1.54) is 0 Å². The molecule has 1 rings (SSSR count). The largest absolute Gasteiger partial charge is 0.330 e. The molecular weight excluding hydrogens is 272 g/mol. The molecule has 0 bridgehead atoms. The first kappa shape index (κ1) is 17.4. The summed E-state index contributed by atoms with van der Waals surface area (Å²) in [6, 6.07) is 1.88. The first-order valence-electron chi connectivity index (χ1n) is 7.24. The monoisotopic (exact) mass is 296 g/mol. The van der Waals surface area contributed by atoms with Gasteiger partial charge in [0, 0.05) is 24.6 Å². The maximum Gasteiger partial charge on any atom is 0.229 e. The first-order chi connectivity index (χ1) is 10.7. The van der Waals surface area contributed by atoms with Crippen LogP contribution in [0, 0.1) is 0 Å². The van der Waals surface area contributed by atoms with Crippen molar-refractivity contribution >= 4 is 11.8 Å². The Morgan fingerprint density at radius 3 is 2.64 bits per heavy atom. The van der Waals surface area contributed by atoms with Crippen molar-refractivity contribution in [2.24, 2.45) is 0 Å². The van der Waals surface area contributed by atoms with E-state index < -0.39 is 0 Å². The van der Waals surface area contributed by atoms with Gasteiger partial charge in [-0.3, -0.25) is 0 Å². The third-order valence-corrected chi connectivity index (χ3v) is 2.95. The van der Waals surface area contributed by atoms with Crippen LogP contribution in [-0.4, -0.2) is 17.0 Å². The molecule has 0 radical (unpaired) electrons. The highest BCUT2D eigenvalue weighted by Crippen LogP contribution is 2.17. The normalized spacial score (nSPS) is 12.9. The maximum absolute atomic E-state index is 4.54. The molecule has 0 unspecified atom stereocenters. The number of hydrogen-bond donors (Lipinski definition) is 1. The topological polar surface area (TPSA) is 41.1 Å². The summed E-state index contributed by atoms with van der Waals surface area (Å²) in [5.41, 5.74) is 1.91. The zero-order valence-electron chi connectivity index (χ0n) is 13.7. The molecule has 0 aliphatic heterocycles. The van der Waals surface area contributed by atoms with E-state index in [0.717, 1.165) is 17.2 Å². The quantitative estimate of drug-likeness (QED) is 0.755. The molecule has 0 atom stereocenters. The number of likely N-dealkylation sites (N-methyl/N-ethyl adjacent to an activating group) is 1. The predicted octanol–water partition coefficient (Wildman–Crippen LogP) is 4.45. The highest BCUT2D eigenvalue weighted by atomic mass is 15.2. The molecule has 0 saturated carbocycles. The summed E-state index contributed by atoms with van der Waals surface area (Å²) in [6.45, 7) is 9.74. The number of nitrogens with one attached hydrogen (secondary N) is 1. The Morgan fingerprint density at radius 2 is 2.05 bits per heavy atom. The first-order valence-corrected chi connectivity index (χ1v) is 7.24. The summed E-state index contributed by atoms with van der Waals surface area (Å²) in [6.07, 6.45) is 15.4. The molecule has 0 saturated heterocycles. The van der Waals surface area contributed by atoms with E-state index in [4.69, 9.17) is 0 Å². The summed E-state index contributed by atoms with van der Waals surface area (Å²) in [4.78, 5) is 10.8. The fraction of sp³-hybridized carbons (Fsp3) is 0.222. The highest BCUT2D eigenvalue weighted by molar-refractivity contribution is 5.51. The summed E-state index contributed by atoms with van der Waals surface area (Å²) in [7, 11) is 1.98. The second kappa shape index (κ2) is 9.34. The Bertz CT molecular complexity index is 609. The zero-order chi connectivity index (χ0) is 16.4. The van der Waals surface area contributed by atoms with Gasteiger partial charge in [0.25, 0.3) is 0 Å². The number of anilines is 2. The summed E-state index contributed by atoms with van der Waals surface area (Å²) < 4.78 is 0. The lowest BCUT2D eigenvalue weighted by Gasteiger charge is -2.19. The second-order valence-electron chi connectivity index (χ2n) is 4.49. The van der Waals surface area contributed by atoms with E-state index >= 15 is 0 Å². The third-order valence-electron chi connectivity index (χ3n) is 2.95. The molecule has 0 amide bonds. The van der Waals surface area contributed by atoms with Gasteiger partial charge >= 0.3 is 0 Å². The third kappa shape index (κ3) is 5.05. The minimum atomic E-state index is 0.538. The Kier molecular flexibility index (Phi) is 7.40. The molecule has 1 heterocycles. The fourth-order valence-corrected chi connectivity index (χ4v) is 1.79. The number of rotatable bonds is 7. The van der Waals surface area contributed by atoms with Gasteiger partial charge in [0.05, 0.1) is 0 Å². The molecule has 1 aromatic heterocycles. The van der Waals surface area contributed by atoms with Crippen LogP contribution in [-0.2, 0) is 0 Å². The van der Waals surface area contributed by atoms with Crippen molar-refractivity contribution in [2.45, 2.75) is 20.8 Å². The maximum atomic E-state index is 4.54. The van der Waals surface area contributed by atoms with Crippen molar-refractivity contribution in [1.29, 1.82) is 0 Å². The molecule has 116 valence electrons. The highest BCUT2D eigenvalue weighted by Gasteiger charge is 2.07. The van der Waals surface area contributed by atoms with Gasteiger partial charge in [0.1, 0.15) is 5.82 Å². The average Bonchev–Trinajstić information content (AvgIpc) is 2.56. The Labute approximate surface area is 133 Å². The van der Waals surface area contributed by atoms with E-state index in [0.29, 0.717) is 5.95 Å². The molecule has 0 spiro atoms. The minimum absolute atomic E-state index is 0.538. The summed E-state index contributed by atoms with van der Waals surface area (Å²) in [5, 5.41) is 3.15. The van der Waals surface area contributed by atoms with Crippen LogP contribution in [0.1, 0.15) is 20.8 Å². The molecule has 22 heavy (non-hydrogen) atoms. The zero-order valence-corrected chi connectivity index (χ0v) is 13.7. The van der Waals surface area contributed by atoms with Gasteiger partial charge < -0.3 is 10.2 Å². The minimum Gasteiger partial charge on any atom is -0.330 e. The Morgan fingerprint density at radius 1 is 1.27 bits per heavy atom. The van der Waals surface area contributed by atoms with Gasteiger partial charge in [0.2, 0.25) is 5.95 Å². The van der Waals surface area contributed by atoms with Crippen molar-refractivity contribution < 1.29 is 0 Å². The smallest absolute Gasteiger partial charge is 0.229 e. The predicted molar refractivity (Wildman–Crippen MR) is 95.7 cm³/mol. The standard InChI is InChI=1S/C18H24N4/c1-6-10-12-15(8-3)20-18-19-14-13-17(21-18)22(5)16(9-4)11-7-2/h6-14H,3H2,1-2,4-5H3,(H,19,20,21)/b10-6-,11-7-,15-12+,16-9+. The fourth-order valence-electron chi connectivity index (χ4n) is 1.79. The van der Waals surface area contributed by atoms with Crippen molar-refractivity contribution in [2.75, 3.05) is 17.3 Å². The lowest BCUT2D eigenvalue weighted by Crippen LogP contribution is -2.17. The lowest BCUT2D eigenvalue weighted by atomic mass is 10.3. The molecule has 4 heteroatoms. The molecule has 0 aliphatic rings. The van der Waals surface area contributed by atoms with Crippen LogP contribution in [0.2, 0.25) is 0 Å². The summed E-state index contributed by atoms with van der Waals surface area (Å²) in [5.74, 6) is 1.36. The van der Waals surface area contributed by atoms with Gasteiger partial charge in [0.15, 0.2) is 0 Å². The molecular formula is C18H24N4.